The fourth-order valence-electron chi connectivity index (χ4n) is 4.39. The van der Waals surface area contributed by atoms with Crippen LogP contribution in [0.15, 0.2) is 60.8 Å². The van der Waals surface area contributed by atoms with Gasteiger partial charge in [-0.1, -0.05) is 62.4 Å². The molecule has 176 valence electrons. The largest absolute Gasteiger partial charge is 0.481 e. The monoisotopic (exact) mass is 462 g/mol. The lowest BCUT2D eigenvalue weighted by Crippen LogP contribution is -2.19. The van der Waals surface area contributed by atoms with Crippen molar-refractivity contribution in [1.82, 2.24) is 9.61 Å². The fraction of sp³-hybridized carbons (Fsp3) is 0.259. The summed E-state index contributed by atoms with van der Waals surface area (Å²) in [7, 11) is 0. The van der Waals surface area contributed by atoms with E-state index in [2.05, 4.69) is 13.8 Å². The van der Waals surface area contributed by atoms with Gasteiger partial charge in [0.15, 0.2) is 0 Å². The number of rotatable bonds is 8. The summed E-state index contributed by atoms with van der Waals surface area (Å²) in [4.78, 5) is 10.8. The average Bonchev–Trinajstić information content (AvgIpc) is 3.12. The fourth-order valence-corrected chi connectivity index (χ4v) is 4.39. The van der Waals surface area contributed by atoms with Crippen LogP contribution in [0.4, 0.5) is 4.39 Å². The van der Waals surface area contributed by atoms with Crippen LogP contribution in [0, 0.1) is 5.82 Å². The number of benzene rings is 2. The van der Waals surface area contributed by atoms with Gasteiger partial charge in [-0.15, -0.1) is 0 Å². The molecule has 34 heavy (non-hydrogen) atoms. The van der Waals surface area contributed by atoms with Crippen molar-refractivity contribution >= 4 is 28.3 Å². The maximum atomic E-state index is 13.7. The Morgan fingerprint density at radius 1 is 1.12 bits per heavy atom. The number of aliphatic hydroxyl groups excluding tert-OH is 2. The molecule has 0 spiro atoms. The molecule has 6 nitrogen and oxygen atoms in total. The molecule has 0 aliphatic rings. The van der Waals surface area contributed by atoms with Crippen molar-refractivity contribution in [3.8, 4) is 11.1 Å². The van der Waals surface area contributed by atoms with Crippen LogP contribution in [0.3, 0.4) is 0 Å². The number of halogens is 1. The van der Waals surface area contributed by atoms with Gasteiger partial charge >= 0.3 is 5.97 Å². The van der Waals surface area contributed by atoms with E-state index >= 15 is 0 Å². The Hall–Kier alpha value is -3.55. The molecule has 0 fully saturated rings. The van der Waals surface area contributed by atoms with E-state index in [0.29, 0.717) is 0 Å². The van der Waals surface area contributed by atoms with E-state index in [1.54, 1.807) is 24.3 Å². The van der Waals surface area contributed by atoms with Crippen LogP contribution in [0.2, 0.25) is 0 Å². The maximum absolute atomic E-state index is 13.7. The van der Waals surface area contributed by atoms with Gasteiger partial charge in [-0.2, -0.15) is 5.10 Å². The minimum atomic E-state index is -1.16. The van der Waals surface area contributed by atoms with Gasteiger partial charge in [-0.3, -0.25) is 4.79 Å². The lowest BCUT2D eigenvalue weighted by Gasteiger charge is -2.12. The molecule has 0 bridgehead atoms. The molecule has 4 rings (SSSR count). The Balaban J connectivity index is 1.93. The second-order valence-electron chi connectivity index (χ2n) is 8.74. The molecule has 0 radical (unpaired) electrons. The van der Waals surface area contributed by atoms with E-state index < -0.39 is 24.6 Å². The smallest absolute Gasteiger partial charge is 0.305 e. The molecule has 2 heterocycles. The summed E-state index contributed by atoms with van der Waals surface area (Å²) in [5.41, 5.74) is 4.31. The molecule has 2 aromatic heterocycles. The van der Waals surface area contributed by atoms with E-state index in [9.17, 15) is 19.4 Å². The zero-order valence-corrected chi connectivity index (χ0v) is 19.0. The highest BCUT2D eigenvalue weighted by Crippen LogP contribution is 2.40. The molecule has 0 aliphatic heterocycles. The van der Waals surface area contributed by atoms with E-state index in [1.807, 2.05) is 35.0 Å². The molecule has 0 amide bonds. The number of hydrogen-bond acceptors (Lipinski definition) is 4. The highest BCUT2D eigenvalue weighted by Gasteiger charge is 2.23. The third-order valence-corrected chi connectivity index (χ3v) is 5.84. The minimum Gasteiger partial charge on any atom is -0.481 e. The first kappa shape index (κ1) is 23.6. The van der Waals surface area contributed by atoms with E-state index in [4.69, 9.17) is 10.2 Å². The Labute approximate surface area is 196 Å². The van der Waals surface area contributed by atoms with Crippen molar-refractivity contribution in [1.29, 1.82) is 0 Å². The first-order valence-electron chi connectivity index (χ1n) is 11.2. The quantitative estimate of drug-likeness (QED) is 0.342. The number of nitrogens with zero attached hydrogens (tertiary/aromatic N) is 2. The van der Waals surface area contributed by atoms with Gasteiger partial charge in [0.05, 0.1) is 36.0 Å². The van der Waals surface area contributed by atoms with Crippen LogP contribution in [-0.2, 0) is 4.79 Å². The predicted molar refractivity (Wildman–Crippen MR) is 130 cm³/mol. The topological polar surface area (TPSA) is 95.1 Å². The molecule has 0 saturated carbocycles. The summed E-state index contributed by atoms with van der Waals surface area (Å²) >= 11 is 0. The molecule has 3 N–H and O–H groups in total. The van der Waals surface area contributed by atoms with Gasteiger partial charge in [0.1, 0.15) is 5.82 Å². The Morgan fingerprint density at radius 2 is 1.82 bits per heavy atom. The second-order valence-corrected chi connectivity index (χ2v) is 8.74. The van der Waals surface area contributed by atoms with E-state index in [1.165, 1.54) is 12.1 Å². The van der Waals surface area contributed by atoms with E-state index in [0.717, 1.165) is 38.7 Å². The zero-order chi connectivity index (χ0) is 24.4. The zero-order valence-electron chi connectivity index (χ0n) is 19.0. The Kier molecular flexibility index (Phi) is 6.77. The minimum absolute atomic E-state index is 0.0738. The number of fused-ring (bicyclic) bond motifs is 3. The van der Waals surface area contributed by atoms with Crippen LogP contribution in [-0.4, -0.2) is 43.1 Å². The van der Waals surface area contributed by atoms with Gasteiger partial charge in [0.25, 0.3) is 0 Å². The van der Waals surface area contributed by atoms with Gasteiger partial charge < -0.3 is 15.3 Å². The normalized spacial score (nSPS) is 13.8. The molecule has 0 aliphatic carbocycles. The lowest BCUT2D eigenvalue weighted by molar-refractivity contribution is -0.139. The number of aliphatic hydroxyl groups is 2. The summed E-state index contributed by atoms with van der Waals surface area (Å²) in [5, 5.41) is 35.9. The Morgan fingerprint density at radius 3 is 2.50 bits per heavy atom. The van der Waals surface area contributed by atoms with Crippen LogP contribution < -0.4 is 0 Å². The number of carboxylic acids is 1. The summed E-state index contributed by atoms with van der Waals surface area (Å²) in [6.45, 7) is 4.11. The van der Waals surface area contributed by atoms with Crippen LogP contribution in [0.1, 0.15) is 43.9 Å². The van der Waals surface area contributed by atoms with Gasteiger partial charge in [0.2, 0.25) is 0 Å². The predicted octanol–water partition coefficient (Wildman–Crippen LogP) is 5.02. The third kappa shape index (κ3) is 4.71. The molecule has 7 heteroatoms. The van der Waals surface area contributed by atoms with Crippen LogP contribution >= 0.6 is 0 Å². The van der Waals surface area contributed by atoms with Crippen molar-refractivity contribution in [2.24, 2.45) is 0 Å². The standard InChI is InChI=1S/C27H27FN2O4/c1-16(2)26-23(12-11-20(31)13-21(32)14-24(33)34)25(17-7-9-19(28)10-8-17)27-22-6-4-3-5-18(22)15-29-30(26)27/h3-12,15-16,20-21,31-32H,13-14H2,1-2H3,(H,33,34)/b12-11+. The average molecular weight is 463 g/mol. The highest BCUT2D eigenvalue weighted by molar-refractivity contribution is 6.06. The number of hydrogen-bond donors (Lipinski definition) is 3. The molecule has 0 saturated heterocycles. The summed E-state index contributed by atoms with van der Waals surface area (Å²) in [6.07, 6.45) is 2.43. The number of carbonyl (C=O) groups is 1. The summed E-state index contributed by atoms with van der Waals surface area (Å²) < 4.78 is 15.6. The third-order valence-electron chi connectivity index (χ3n) is 5.84. The van der Waals surface area contributed by atoms with Crippen molar-refractivity contribution < 1.29 is 24.5 Å². The second kappa shape index (κ2) is 9.75. The summed E-state index contributed by atoms with van der Waals surface area (Å²) in [6, 6.07) is 14.2. The molecular weight excluding hydrogens is 435 g/mol. The number of aromatic nitrogens is 2. The van der Waals surface area contributed by atoms with Gasteiger partial charge in [-0.25, -0.2) is 8.91 Å². The molecule has 2 unspecified atom stereocenters. The molecule has 2 atom stereocenters. The number of carboxylic acid groups (broad SMARTS) is 1. The highest BCUT2D eigenvalue weighted by atomic mass is 19.1. The molecular formula is C27H27FN2O4. The van der Waals surface area contributed by atoms with Crippen molar-refractivity contribution in [2.45, 2.75) is 44.8 Å². The first-order valence-corrected chi connectivity index (χ1v) is 11.2. The molecule has 2 aromatic carbocycles. The van der Waals surface area contributed by atoms with Crippen molar-refractivity contribution in [3.63, 3.8) is 0 Å². The summed E-state index contributed by atoms with van der Waals surface area (Å²) in [5.74, 6) is -1.38. The van der Waals surface area contributed by atoms with Crippen LogP contribution in [0.5, 0.6) is 0 Å². The van der Waals surface area contributed by atoms with Gasteiger partial charge in [-0.05, 0) is 23.6 Å². The van der Waals surface area contributed by atoms with Crippen molar-refractivity contribution in [3.05, 3.63) is 77.9 Å². The lowest BCUT2D eigenvalue weighted by atomic mass is 9.95. The number of aliphatic carboxylic acids is 1. The van der Waals surface area contributed by atoms with Gasteiger partial charge in [0, 0.05) is 28.3 Å². The SMILES string of the molecule is CC(C)c1c(/C=C/C(O)CC(O)CC(=O)O)c(-c2ccc(F)cc2)c2c3ccccc3cnn12. The van der Waals surface area contributed by atoms with E-state index in [-0.39, 0.29) is 18.2 Å². The van der Waals surface area contributed by atoms with Crippen LogP contribution in [0.25, 0.3) is 33.5 Å². The molecule has 4 aromatic rings. The Bertz CT molecular complexity index is 1360. The first-order chi connectivity index (χ1) is 16.3. The maximum Gasteiger partial charge on any atom is 0.305 e. The van der Waals surface area contributed by atoms with Crippen molar-refractivity contribution in [2.75, 3.05) is 0 Å².